The first-order valence-corrected chi connectivity index (χ1v) is 6.79. The number of aliphatic imine (C=N–C) groups is 1. The van der Waals surface area contributed by atoms with E-state index >= 15 is 0 Å². The fraction of sp³-hybridized carbons (Fsp3) is 0.111. The molecule has 3 nitrogen and oxygen atoms in total. The lowest BCUT2D eigenvalue weighted by atomic mass is 10.1. The van der Waals surface area contributed by atoms with Gasteiger partial charge in [-0.15, -0.1) is 0 Å². The Hall–Kier alpha value is -2.68. The number of carbonyl (C=O) groups excluding carboxylic acids is 1. The van der Waals surface area contributed by atoms with Crippen molar-refractivity contribution in [1.29, 1.82) is 0 Å². The molecule has 1 aliphatic heterocycles. The second kappa shape index (κ2) is 5.37. The fourth-order valence-corrected chi connectivity index (χ4v) is 2.23. The van der Waals surface area contributed by atoms with Gasteiger partial charge in [-0.3, -0.25) is 0 Å². The van der Waals surface area contributed by atoms with Crippen molar-refractivity contribution >= 4 is 17.9 Å². The van der Waals surface area contributed by atoms with Crippen LogP contribution in [0.4, 0.5) is 0 Å². The van der Waals surface area contributed by atoms with Crippen LogP contribution in [0.3, 0.4) is 0 Å². The van der Waals surface area contributed by atoms with Gasteiger partial charge in [0.1, 0.15) is 0 Å². The first-order valence-electron chi connectivity index (χ1n) is 6.79. The minimum absolute atomic E-state index is 0.336. The molecule has 0 saturated heterocycles. The number of hydrogen-bond donors (Lipinski definition) is 0. The highest BCUT2D eigenvalue weighted by atomic mass is 16.6. The molecule has 1 aliphatic rings. The molecule has 2 aromatic carbocycles. The lowest BCUT2D eigenvalue weighted by Crippen LogP contribution is -2.06. The van der Waals surface area contributed by atoms with Crippen molar-refractivity contribution in [1.82, 2.24) is 0 Å². The Kier molecular flexibility index (Phi) is 3.40. The molecule has 0 spiro atoms. The van der Waals surface area contributed by atoms with Crippen LogP contribution in [0.2, 0.25) is 0 Å². The lowest BCUT2D eigenvalue weighted by molar-refractivity contribution is -0.129. The summed E-state index contributed by atoms with van der Waals surface area (Å²) in [5, 5.41) is 0. The molecule has 0 N–H and O–H groups in total. The Balaban J connectivity index is 2.00. The van der Waals surface area contributed by atoms with E-state index in [0.29, 0.717) is 11.6 Å². The maximum Gasteiger partial charge on any atom is 0.363 e. The molecule has 0 saturated carbocycles. The predicted molar refractivity (Wildman–Crippen MR) is 83.0 cm³/mol. The van der Waals surface area contributed by atoms with Gasteiger partial charge in [-0.25, -0.2) is 9.79 Å². The first kappa shape index (κ1) is 13.3. The van der Waals surface area contributed by atoms with Crippen molar-refractivity contribution in [2.24, 2.45) is 4.99 Å². The van der Waals surface area contributed by atoms with E-state index in [0.717, 1.165) is 22.3 Å². The second-order valence-electron chi connectivity index (χ2n) is 5.01. The van der Waals surface area contributed by atoms with Crippen molar-refractivity contribution in [2.75, 3.05) is 0 Å². The Morgan fingerprint density at radius 1 is 0.952 bits per heavy atom. The van der Waals surface area contributed by atoms with E-state index in [1.54, 1.807) is 6.08 Å². The average molecular weight is 277 g/mol. The zero-order chi connectivity index (χ0) is 14.8. The van der Waals surface area contributed by atoms with E-state index in [1.165, 1.54) is 0 Å². The summed E-state index contributed by atoms with van der Waals surface area (Å²) in [6.45, 7) is 3.97. The number of nitrogens with zero attached hydrogens (tertiary/aromatic N) is 1. The number of cyclic esters (lactones) is 1. The lowest BCUT2D eigenvalue weighted by Gasteiger charge is -2.02. The maximum atomic E-state index is 12.0. The number of aryl methyl sites for hydroxylation is 2. The number of benzene rings is 2. The van der Waals surface area contributed by atoms with E-state index in [1.807, 2.05) is 62.4 Å². The van der Waals surface area contributed by atoms with Crippen molar-refractivity contribution in [3.63, 3.8) is 0 Å². The minimum Gasteiger partial charge on any atom is -0.402 e. The molecule has 2 aromatic rings. The Morgan fingerprint density at radius 2 is 1.62 bits per heavy atom. The average Bonchev–Trinajstić information content (AvgIpc) is 2.83. The zero-order valence-electron chi connectivity index (χ0n) is 12.0. The largest absolute Gasteiger partial charge is 0.402 e. The van der Waals surface area contributed by atoms with E-state index < -0.39 is 5.97 Å². The number of hydrogen-bond acceptors (Lipinski definition) is 3. The van der Waals surface area contributed by atoms with Gasteiger partial charge in [-0.1, -0.05) is 42.5 Å². The van der Waals surface area contributed by atoms with E-state index in [-0.39, 0.29) is 0 Å². The smallest absolute Gasteiger partial charge is 0.363 e. The van der Waals surface area contributed by atoms with E-state index in [2.05, 4.69) is 4.99 Å². The molecule has 21 heavy (non-hydrogen) atoms. The summed E-state index contributed by atoms with van der Waals surface area (Å²) in [5.41, 5.74) is 4.28. The van der Waals surface area contributed by atoms with Crippen molar-refractivity contribution in [3.05, 3.63) is 76.5 Å². The molecule has 104 valence electrons. The first-order chi connectivity index (χ1) is 10.1. The van der Waals surface area contributed by atoms with E-state index in [4.69, 9.17) is 4.74 Å². The van der Waals surface area contributed by atoms with Crippen LogP contribution in [0.15, 0.2) is 59.2 Å². The summed E-state index contributed by atoms with van der Waals surface area (Å²) in [4.78, 5) is 16.3. The van der Waals surface area contributed by atoms with Crippen LogP contribution in [-0.2, 0) is 9.53 Å². The zero-order valence-corrected chi connectivity index (χ0v) is 12.0. The summed E-state index contributed by atoms with van der Waals surface area (Å²) >= 11 is 0. The van der Waals surface area contributed by atoms with Crippen LogP contribution in [0.1, 0.15) is 22.3 Å². The molecule has 0 amide bonds. The molecule has 3 rings (SSSR count). The summed E-state index contributed by atoms with van der Waals surface area (Å²) in [7, 11) is 0. The number of ether oxygens (including phenoxy) is 1. The maximum absolute atomic E-state index is 12.0. The summed E-state index contributed by atoms with van der Waals surface area (Å²) in [6.07, 6.45) is 1.77. The molecule has 0 radical (unpaired) electrons. The summed E-state index contributed by atoms with van der Waals surface area (Å²) in [6, 6.07) is 15.6. The van der Waals surface area contributed by atoms with Crippen LogP contribution < -0.4 is 0 Å². The summed E-state index contributed by atoms with van der Waals surface area (Å²) < 4.78 is 5.30. The van der Waals surface area contributed by atoms with Gasteiger partial charge in [-0.05, 0) is 42.7 Å². The molecule has 0 fully saturated rings. The highest BCUT2D eigenvalue weighted by Gasteiger charge is 2.24. The Morgan fingerprint density at radius 3 is 2.33 bits per heavy atom. The molecular weight excluding hydrogens is 262 g/mol. The third-order valence-corrected chi connectivity index (χ3v) is 3.48. The molecule has 0 aromatic heterocycles. The monoisotopic (exact) mass is 277 g/mol. The number of rotatable bonds is 2. The molecule has 0 bridgehead atoms. The molecule has 0 atom stereocenters. The topological polar surface area (TPSA) is 38.7 Å². The van der Waals surface area contributed by atoms with Gasteiger partial charge < -0.3 is 4.74 Å². The van der Waals surface area contributed by atoms with Gasteiger partial charge in [0.15, 0.2) is 5.70 Å². The van der Waals surface area contributed by atoms with Crippen LogP contribution in [0.5, 0.6) is 0 Å². The quantitative estimate of drug-likeness (QED) is 0.621. The number of carbonyl (C=O) groups is 1. The Labute approximate surface area is 123 Å². The second-order valence-corrected chi connectivity index (χ2v) is 5.01. The normalized spacial score (nSPS) is 16.0. The van der Waals surface area contributed by atoms with Gasteiger partial charge in [0.25, 0.3) is 0 Å². The highest BCUT2D eigenvalue weighted by molar-refractivity contribution is 6.13. The SMILES string of the molecule is Cc1ccccc1C=C1N=C(c2ccccc2C)OC1=O. The molecule has 1 heterocycles. The van der Waals surface area contributed by atoms with Crippen molar-refractivity contribution in [3.8, 4) is 0 Å². The van der Waals surface area contributed by atoms with Gasteiger partial charge in [0.2, 0.25) is 5.90 Å². The van der Waals surface area contributed by atoms with Crippen LogP contribution in [0.25, 0.3) is 6.08 Å². The van der Waals surface area contributed by atoms with Gasteiger partial charge in [0, 0.05) is 5.56 Å². The van der Waals surface area contributed by atoms with Crippen LogP contribution in [0, 0.1) is 13.8 Å². The van der Waals surface area contributed by atoms with Crippen molar-refractivity contribution < 1.29 is 9.53 Å². The predicted octanol–water partition coefficient (Wildman–Crippen LogP) is 3.65. The van der Waals surface area contributed by atoms with Crippen LogP contribution >= 0.6 is 0 Å². The van der Waals surface area contributed by atoms with E-state index in [9.17, 15) is 4.79 Å². The number of esters is 1. The van der Waals surface area contributed by atoms with Crippen LogP contribution in [-0.4, -0.2) is 11.9 Å². The van der Waals surface area contributed by atoms with Gasteiger partial charge >= 0.3 is 5.97 Å². The minimum atomic E-state index is -0.406. The van der Waals surface area contributed by atoms with Gasteiger partial charge in [-0.2, -0.15) is 0 Å². The fourth-order valence-electron chi connectivity index (χ4n) is 2.23. The molecule has 3 heteroatoms. The van der Waals surface area contributed by atoms with Crippen molar-refractivity contribution in [2.45, 2.75) is 13.8 Å². The summed E-state index contributed by atoms with van der Waals surface area (Å²) in [5.74, 6) is -0.0329. The highest BCUT2D eigenvalue weighted by Crippen LogP contribution is 2.21. The van der Waals surface area contributed by atoms with Gasteiger partial charge in [0.05, 0.1) is 0 Å². The molecule has 0 unspecified atom stereocenters. The Bertz CT molecular complexity index is 772. The molecular formula is C18H15NO2. The molecule has 0 aliphatic carbocycles. The third-order valence-electron chi connectivity index (χ3n) is 3.48. The standard InChI is InChI=1S/C18H15NO2/c1-12-7-3-5-9-14(12)11-16-18(20)21-17(19-16)15-10-6-4-8-13(15)2/h3-11H,1-2H3. The third kappa shape index (κ3) is 2.63.